The first-order chi connectivity index (χ1) is 6.20. The van der Waals surface area contributed by atoms with Gasteiger partial charge in [-0.25, -0.2) is 4.39 Å². The predicted molar refractivity (Wildman–Crippen MR) is 64.7 cm³/mol. The van der Waals surface area contributed by atoms with Crippen LogP contribution >= 0.6 is 28.4 Å². The highest BCUT2D eigenvalue weighted by Gasteiger charge is 2.08. The Hall–Kier alpha value is -0.420. The zero-order valence-corrected chi connectivity index (χ0v) is 9.72. The molecule has 1 aromatic carbocycles. The van der Waals surface area contributed by atoms with Gasteiger partial charge >= 0.3 is 0 Å². The van der Waals surface area contributed by atoms with Crippen LogP contribution in [0.1, 0.15) is 5.56 Å². The largest absolute Gasteiger partial charge is 0.398 e. The van der Waals surface area contributed by atoms with Gasteiger partial charge in [0.2, 0.25) is 0 Å². The average molecular weight is 311 g/mol. The molecule has 0 aliphatic rings. The minimum Gasteiger partial charge on any atom is -0.398 e. The summed E-state index contributed by atoms with van der Waals surface area (Å²) in [6.07, 6.45) is 1.40. The first-order valence-electron chi connectivity index (χ1n) is 3.40. The van der Waals surface area contributed by atoms with Crippen LogP contribution in [0.25, 0.3) is 0 Å². The van der Waals surface area contributed by atoms with Gasteiger partial charge in [0.25, 0.3) is 0 Å². The maximum atomic E-state index is 13.2. The van der Waals surface area contributed by atoms with Gasteiger partial charge in [-0.1, -0.05) is 0 Å². The van der Waals surface area contributed by atoms with E-state index in [0.717, 1.165) is 6.21 Å². The Balaban J connectivity index is 3.25. The van der Waals surface area contributed by atoms with Gasteiger partial charge in [-0.15, -0.1) is 0 Å². The molecule has 0 radical (unpaired) electrons. The summed E-state index contributed by atoms with van der Waals surface area (Å²) in [5.74, 6) is -0.378. The van der Waals surface area contributed by atoms with Crippen LogP contribution in [0.5, 0.6) is 0 Å². The monoisotopic (exact) mass is 311 g/mol. The van der Waals surface area contributed by atoms with Crippen molar-refractivity contribution in [3.05, 3.63) is 23.5 Å². The van der Waals surface area contributed by atoms with E-state index >= 15 is 0 Å². The third-order valence-corrected chi connectivity index (χ3v) is 2.70. The molecular weight excluding hydrogens is 303 g/mol. The summed E-state index contributed by atoms with van der Waals surface area (Å²) in [5, 5.41) is 9.93. The van der Waals surface area contributed by atoms with E-state index in [1.165, 1.54) is 12.1 Å². The van der Waals surface area contributed by atoms with Gasteiger partial charge in [0.15, 0.2) is 0 Å². The maximum Gasteiger partial charge on any atom is 0.147 e. The first kappa shape index (κ1) is 10.7. The standard InChI is InChI=1S/C7H8FIN3P/c8-5-1-2-6(11)4(3-10)7(5)12-13-9/h1-3,10,12-13H,11H2. The molecule has 3 nitrogen and oxygen atoms in total. The van der Waals surface area contributed by atoms with Crippen molar-refractivity contribution < 1.29 is 4.39 Å². The lowest BCUT2D eigenvalue weighted by molar-refractivity contribution is 0.632. The van der Waals surface area contributed by atoms with Crippen molar-refractivity contribution in [2.45, 2.75) is 0 Å². The number of halogens is 2. The fourth-order valence-electron chi connectivity index (χ4n) is 0.939. The summed E-state index contributed by atoms with van der Waals surface area (Å²) in [5.41, 5.74) is 6.70. The number of hydrogen-bond donors (Lipinski definition) is 3. The molecule has 0 bridgehead atoms. The van der Waals surface area contributed by atoms with Crippen LogP contribution in [0, 0.1) is 11.2 Å². The second-order valence-corrected chi connectivity index (χ2v) is 4.35. The Morgan fingerprint density at radius 1 is 1.62 bits per heavy atom. The Labute approximate surface area is 90.1 Å². The zero-order valence-electron chi connectivity index (χ0n) is 6.57. The lowest BCUT2D eigenvalue weighted by atomic mass is 10.1. The van der Waals surface area contributed by atoms with Crippen molar-refractivity contribution >= 4 is 46.0 Å². The van der Waals surface area contributed by atoms with E-state index in [9.17, 15) is 4.39 Å². The SMILES string of the molecule is N=Cc1c(N)ccc(F)c1NPI. The summed E-state index contributed by atoms with van der Waals surface area (Å²) in [6.45, 7) is 0. The van der Waals surface area contributed by atoms with E-state index in [0.29, 0.717) is 23.3 Å². The molecule has 0 fully saturated rings. The molecule has 0 aliphatic heterocycles. The van der Waals surface area contributed by atoms with Crippen LogP contribution in [0.15, 0.2) is 12.1 Å². The zero-order chi connectivity index (χ0) is 9.84. The van der Waals surface area contributed by atoms with Gasteiger partial charge in [-0.2, -0.15) is 0 Å². The summed E-state index contributed by atoms with van der Waals surface area (Å²) in [7, 11) is 0. The Bertz CT molecular complexity index is 332. The number of nitrogens with one attached hydrogen (secondary N) is 2. The van der Waals surface area contributed by atoms with E-state index in [1.54, 1.807) is 0 Å². The highest BCUT2D eigenvalue weighted by atomic mass is 127. The molecule has 1 rings (SSSR count). The molecule has 0 aliphatic carbocycles. The van der Waals surface area contributed by atoms with Crippen LogP contribution in [-0.2, 0) is 0 Å². The molecule has 0 aromatic heterocycles. The lowest BCUT2D eigenvalue weighted by Gasteiger charge is -2.09. The lowest BCUT2D eigenvalue weighted by Crippen LogP contribution is -1.99. The molecule has 13 heavy (non-hydrogen) atoms. The highest BCUT2D eigenvalue weighted by Crippen LogP contribution is 2.30. The van der Waals surface area contributed by atoms with E-state index in [4.69, 9.17) is 11.1 Å². The molecule has 1 aromatic rings. The molecule has 0 spiro atoms. The number of benzene rings is 1. The second kappa shape index (κ2) is 4.72. The smallest absolute Gasteiger partial charge is 0.147 e. The maximum absolute atomic E-state index is 13.2. The van der Waals surface area contributed by atoms with Gasteiger partial charge in [-0.3, -0.25) is 0 Å². The topological polar surface area (TPSA) is 61.9 Å². The minimum absolute atomic E-state index is 0.308. The molecule has 0 amide bonds. The van der Waals surface area contributed by atoms with Crippen LogP contribution in [-0.4, -0.2) is 6.21 Å². The van der Waals surface area contributed by atoms with Gasteiger partial charge in [0, 0.05) is 23.8 Å². The summed E-state index contributed by atoms with van der Waals surface area (Å²) >= 11 is 2.09. The van der Waals surface area contributed by atoms with E-state index in [2.05, 4.69) is 27.1 Å². The van der Waals surface area contributed by atoms with E-state index < -0.39 is 0 Å². The minimum atomic E-state index is -0.378. The molecule has 0 saturated heterocycles. The first-order valence-corrected chi connectivity index (χ1v) is 7.52. The van der Waals surface area contributed by atoms with Crippen molar-refractivity contribution in [1.29, 1.82) is 5.41 Å². The molecule has 0 saturated carbocycles. The summed E-state index contributed by atoms with van der Waals surface area (Å²) < 4.78 is 13.2. The molecule has 70 valence electrons. The van der Waals surface area contributed by atoms with E-state index in [1.807, 2.05) is 0 Å². The van der Waals surface area contributed by atoms with Crippen molar-refractivity contribution in [2.24, 2.45) is 0 Å². The Morgan fingerprint density at radius 2 is 2.31 bits per heavy atom. The third kappa shape index (κ3) is 2.28. The predicted octanol–water partition coefficient (Wildman–Crippen LogP) is 2.76. The number of rotatable bonds is 3. The quantitative estimate of drug-likeness (QED) is 0.348. The van der Waals surface area contributed by atoms with Crippen LogP contribution in [0.2, 0.25) is 0 Å². The highest BCUT2D eigenvalue weighted by molar-refractivity contribution is 14.2. The second-order valence-electron chi connectivity index (χ2n) is 2.29. The van der Waals surface area contributed by atoms with Crippen molar-refractivity contribution in [2.75, 3.05) is 10.8 Å². The number of hydrogen-bond acceptors (Lipinski definition) is 3. The summed E-state index contributed by atoms with van der Waals surface area (Å²) in [6, 6.07) is 2.75. The van der Waals surface area contributed by atoms with Gasteiger partial charge in [0.05, 0.1) is 5.69 Å². The number of nitrogens with two attached hydrogens (primary N) is 1. The molecule has 4 N–H and O–H groups in total. The summed E-state index contributed by atoms with van der Waals surface area (Å²) in [4.78, 5) is 0. The molecular formula is C7H8FIN3P. The van der Waals surface area contributed by atoms with Crippen molar-refractivity contribution in [3.63, 3.8) is 0 Å². The van der Waals surface area contributed by atoms with Crippen molar-refractivity contribution in [1.82, 2.24) is 0 Å². The molecule has 1 atom stereocenters. The Morgan fingerprint density at radius 3 is 2.85 bits per heavy atom. The van der Waals surface area contributed by atoms with Crippen LogP contribution in [0.4, 0.5) is 15.8 Å². The fraction of sp³-hybridized carbons (Fsp3) is 0. The third-order valence-electron chi connectivity index (χ3n) is 1.54. The van der Waals surface area contributed by atoms with Gasteiger partial charge in [-0.05, 0) is 34.2 Å². The molecule has 6 heteroatoms. The Kier molecular flexibility index (Phi) is 3.87. The van der Waals surface area contributed by atoms with Crippen LogP contribution < -0.4 is 10.8 Å². The van der Waals surface area contributed by atoms with Crippen LogP contribution in [0.3, 0.4) is 0 Å². The van der Waals surface area contributed by atoms with Gasteiger partial charge < -0.3 is 16.2 Å². The number of anilines is 2. The molecule has 0 heterocycles. The molecule has 1 unspecified atom stereocenters. The van der Waals surface area contributed by atoms with Gasteiger partial charge in [0.1, 0.15) is 5.82 Å². The normalized spacial score (nSPS) is 10.6. The van der Waals surface area contributed by atoms with E-state index in [-0.39, 0.29) is 5.82 Å². The van der Waals surface area contributed by atoms with Crippen molar-refractivity contribution in [3.8, 4) is 0 Å². The number of nitrogen functional groups attached to an aromatic ring is 1. The fourth-order valence-corrected chi connectivity index (χ4v) is 2.10. The average Bonchev–Trinajstić information content (AvgIpc) is 2.12.